The van der Waals surface area contributed by atoms with Crippen LogP contribution in [0.15, 0.2) is 52.9 Å². The Morgan fingerprint density at radius 1 is 1.15 bits per heavy atom. The normalized spacial score (nSPS) is 20.0. The molecule has 4 rings (SSSR count). The number of carbonyl (C=O) groups is 3. The van der Waals surface area contributed by atoms with E-state index in [-0.39, 0.29) is 35.4 Å². The van der Waals surface area contributed by atoms with E-state index >= 15 is 0 Å². The van der Waals surface area contributed by atoms with Gasteiger partial charge in [-0.25, -0.2) is 5.01 Å². The molecule has 0 aliphatic carbocycles. The standard InChI is InChI=1S/C18H15N3O3S2/c22-16(10-20-17(23)11-26-18(20)24)21-14(15-7-4-8-25-15)9-13(19-21)12-5-2-1-3-6-12/h1-8,14H,9-11H2. The van der Waals surface area contributed by atoms with Gasteiger partial charge in [-0.1, -0.05) is 48.2 Å². The Bertz CT molecular complexity index is 864. The second-order valence-corrected chi connectivity index (χ2v) is 7.83. The summed E-state index contributed by atoms with van der Waals surface area (Å²) >= 11 is 2.49. The number of thiophene rings is 1. The summed E-state index contributed by atoms with van der Waals surface area (Å²) in [6.45, 7) is -0.266. The van der Waals surface area contributed by atoms with E-state index in [2.05, 4.69) is 5.10 Å². The van der Waals surface area contributed by atoms with E-state index in [1.165, 1.54) is 5.01 Å². The van der Waals surface area contributed by atoms with Crippen LogP contribution >= 0.6 is 23.1 Å². The highest BCUT2D eigenvalue weighted by Crippen LogP contribution is 2.35. The second kappa shape index (κ2) is 7.05. The number of carbonyl (C=O) groups excluding carboxylic acids is 3. The van der Waals surface area contributed by atoms with Gasteiger partial charge < -0.3 is 0 Å². The summed E-state index contributed by atoms with van der Waals surface area (Å²) in [7, 11) is 0. The number of hydrazone groups is 1. The maximum atomic E-state index is 12.8. The number of hydrogen-bond donors (Lipinski definition) is 0. The van der Waals surface area contributed by atoms with E-state index in [4.69, 9.17) is 0 Å². The number of benzene rings is 1. The van der Waals surface area contributed by atoms with Crippen molar-refractivity contribution in [3.05, 3.63) is 58.3 Å². The molecule has 0 spiro atoms. The van der Waals surface area contributed by atoms with Crippen LogP contribution in [0.2, 0.25) is 0 Å². The van der Waals surface area contributed by atoms with Crippen LogP contribution in [0.25, 0.3) is 0 Å². The van der Waals surface area contributed by atoms with E-state index in [1.54, 1.807) is 11.3 Å². The third kappa shape index (κ3) is 3.17. The van der Waals surface area contributed by atoms with Crippen LogP contribution in [-0.2, 0) is 9.59 Å². The number of hydrogen-bond acceptors (Lipinski definition) is 6. The monoisotopic (exact) mass is 385 g/mol. The van der Waals surface area contributed by atoms with Crippen LogP contribution in [0.3, 0.4) is 0 Å². The van der Waals surface area contributed by atoms with Crippen molar-refractivity contribution in [1.82, 2.24) is 9.91 Å². The van der Waals surface area contributed by atoms with Crippen LogP contribution in [-0.4, -0.2) is 45.0 Å². The molecule has 2 aliphatic heterocycles. The molecule has 3 amide bonds. The molecule has 8 heteroatoms. The van der Waals surface area contributed by atoms with Crippen molar-refractivity contribution in [2.24, 2.45) is 5.10 Å². The Morgan fingerprint density at radius 3 is 2.62 bits per heavy atom. The third-order valence-corrected chi connectivity index (χ3v) is 6.11. The topological polar surface area (TPSA) is 70.1 Å². The maximum Gasteiger partial charge on any atom is 0.289 e. The van der Waals surface area contributed by atoms with Crippen LogP contribution < -0.4 is 0 Å². The average Bonchev–Trinajstić information content (AvgIpc) is 3.38. The number of imide groups is 1. The van der Waals surface area contributed by atoms with Crippen molar-refractivity contribution in [3.8, 4) is 0 Å². The molecule has 1 aromatic heterocycles. The summed E-state index contributed by atoms with van der Waals surface area (Å²) in [6, 6.07) is 13.4. The molecule has 0 saturated carbocycles. The molecule has 132 valence electrons. The molecule has 0 radical (unpaired) electrons. The van der Waals surface area contributed by atoms with E-state index in [1.807, 2.05) is 47.8 Å². The lowest BCUT2D eigenvalue weighted by atomic mass is 10.0. The Hall–Kier alpha value is -2.45. The van der Waals surface area contributed by atoms with Crippen molar-refractivity contribution in [2.45, 2.75) is 12.5 Å². The minimum absolute atomic E-state index is 0.0962. The molecule has 1 unspecified atom stereocenters. The zero-order chi connectivity index (χ0) is 18.1. The molecular formula is C18H15N3O3S2. The van der Waals surface area contributed by atoms with Gasteiger partial charge in [-0.3, -0.25) is 19.3 Å². The van der Waals surface area contributed by atoms with Gasteiger partial charge in [0.2, 0.25) is 5.91 Å². The molecule has 0 bridgehead atoms. The van der Waals surface area contributed by atoms with Crippen LogP contribution in [0.4, 0.5) is 4.79 Å². The Balaban J connectivity index is 1.61. The van der Waals surface area contributed by atoms with Crippen molar-refractivity contribution in [1.29, 1.82) is 0 Å². The van der Waals surface area contributed by atoms with Crippen molar-refractivity contribution < 1.29 is 14.4 Å². The van der Waals surface area contributed by atoms with Crippen LogP contribution in [0, 0.1) is 0 Å². The summed E-state index contributed by atoms with van der Waals surface area (Å²) < 4.78 is 0. The van der Waals surface area contributed by atoms with Gasteiger partial charge >= 0.3 is 0 Å². The van der Waals surface area contributed by atoms with Gasteiger partial charge in [-0.15, -0.1) is 11.3 Å². The SMILES string of the molecule is O=C1CSC(=O)N1CC(=O)N1N=C(c2ccccc2)CC1c1cccs1. The number of nitrogens with zero attached hydrogens (tertiary/aromatic N) is 3. The fraction of sp³-hybridized carbons (Fsp3) is 0.222. The van der Waals surface area contributed by atoms with Gasteiger partial charge in [0.05, 0.1) is 17.5 Å². The molecule has 1 saturated heterocycles. The van der Waals surface area contributed by atoms with Gasteiger partial charge in [0.15, 0.2) is 0 Å². The fourth-order valence-electron chi connectivity index (χ4n) is 2.99. The summed E-state index contributed by atoms with van der Waals surface area (Å²) in [5.74, 6) is -0.579. The minimum Gasteiger partial charge on any atom is -0.273 e. The molecule has 2 aromatic rings. The first-order chi connectivity index (χ1) is 12.6. The predicted molar refractivity (Wildman–Crippen MR) is 101 cm³/mol. The van der Waals surface area contributed by atoms with E-state index in [9.17, 15) is 14.4 Å². The number of thioether (sulfide) groups is 1. The molecule has 2 aliphatic rings. The molecule has 1 aromatic carbocycles. The first-order valence-corrected chi connectivity index (χ1v) is 9.95. The largest absolute Gasteiger partial charge is 0.289 e. The Kier molecular flexibility index (Phi) is 4.60. The highest BCUT2D eigenvalue weighted by atomic mass is 32.2. The Morgan fingerprint density at radius 2 is 1.96 bits per heavy atom. The first-order valence-electron chi connectivity index (χ1n) is 8.09. The lowest BCUT2D eigenvalue weighted by Crippen LogP contribution is -2.40. The second-order valence-electron chi connectivity index (χ2n) is 5.92. The van der Waals surface area contributed by atoms with Gasteiger partial charge in [0, 0.05) is 11.3 Å². The van der Waals surface area contributed by atoms with E-state index in [0.717, 1.165) is 32.8 Å². The Labute approximate surface area is 158 Å². The number of amides is 3. The minimum atomic E-state index is -0.373. The van der Waals surface area contributed by atoms with Gasteiger partial charge in [-0.05, 0) is 17.0 Å². The quantitative estimate of drug-likeness (QED) is 0.811. The van der Waals surface area contributed by atoms with Gasteiger partial charge in [0.25, 0.3) is 11.1 Å². The fourth-order valence-corrected chi connectivity index (χ4v) is 4.53. The lowest BCUT2D eigenvalue weighted by Gasteiger charge is -2.22. The molecule has 0 N–H and O–H groups in total. The lowest BCUT2D eigenvalue weighted by molar-refractivity contribution is -0.137. The average molecular weight is 385 g/mol. The smallest absolute Gasteiger partial charge is 0.273 e. The maximum absolute atomic E-state index is 12.8. The zero-order valence-corrected chi connectivity index (χ0v) is 15.3. The summed E-state index contributed by atoms with van der Waals surface area (Å²) in [5.41, 5.74) is 1.79. The predicted octanol–water partition coefficient (Wildman–Crippen LogP) is 3.12. The molecular weight excluding hydrogens is 370 g/mol. The highest BCUT2D eigenvalue weighted by Gasteiger charge is 2.38. The van der Waals surface area contributed by atoms with Crippen molar-refractivity contribution in [2.75, 3.05) is 12.3 Å². The number of rotatable bonds is 4. The van der Waals surface area contributed by atoms with E-state index < -0.39 is 0 Å². The molecule has 1 atom stereocenters. The van der Waals surface area contributed by atoms with Crippen LogP contribution in [0.5, 0.6) is 0 Å². The highest BCUT2D eigenvalue weighted by molar-refractivity contribution is 8.14. The van der Waals surface area contributed by atoms with Gasteiger partial charge in [-0.2, -0.15) is 5.10 Å². The van der Waals surface area contributed by atoms with E-state index in [0.29, 0.717) is 6.42 Å². The molecule has 1 fully saturated rings. The molecule has 6 nitrogen and oxygen atoms in total. The summed E-state index contributed by atoms with van der Waals surface area (Å²) in [6.07, 6.45) is 0.604. The van der Waals surface area contributed by atoms with Crippen molar-refractivity contribution >= 4 is 45.9 Å². The third-order valence-electron chi connectivity index (χ3n) is 4.28. The van der Waals surface area contributed by atoms with Crippen LogP contribution in [0.1, 0.15) is 22.9 Å². The molecule has 26 heavy (non-hydrogen) atoms. The van der Waals surface area contributed by atoms with Crippen molar-refractivity contribution in [3.63, 3.8) is 0 Å². The summed E-state index contributed by atoms with van der Waals surface area (Å²) in [5, 5.41) is 7.56. The first kappa shape index (κ1) is 17.0. The molecule has 3 heterocycles. The van der Waals surface area contributed by atoms with Gasteiger partial charge in [0.1, 0.15) is 6.54 Å². The summed E-state index contributed by atoms with van der Waals surface area (Å²) in [4.78, 5) is 38.5. The zero-order valence-electron chi connectivity index (χ0n) is 13.7.